The number of ether oxygens (including phenoxy) is 2. The molecule has 0 unspecified atom stereocenters. The number of para-hydroxylation sites is 1. The first-order valence-electron chi connectivity index (χ1n) is 11.3. The molecule has 0 N–H and O–H groups in total. The van der Waals surface area contributed by atoms with E-state index in [1.54, 1.807) is 6.08 Å². The Kier molecular flexibility index (Phi) is 15.0. The number of esters is 1. The van der Waals surface area contributed by atoms with E-state index in [0.717, 1.165) is 37.2 Å². The second-order valence-electron chi connectivity index (χ2n) is 7.42. The Bertz CT molecular complexity index is 536. The van der Waals surface area contributed by atoms with Crippen LogP contribution in [0.15, 0.2) is 30.3 Å². The van der Waals surface area contributed by atoms with Gasteiger partial charge in [-0.25, -0.2) is 4.79 Å². The van der Waals surface area contributed by atoms with Crippen molar-refractivity contribution in [1.82, 2.24) is 0 Å². The summed E-state index contributed by atoms with van der Waals surface area (Å²) in [4.78, 5) is 11.7. The highest BCUT2D eigenvalue weighted by molar-refractivity contribution is 5.87. The third-order valence-corrected chi connectivity index (χ3v) is 4.82. The maximum Gasteiger partial charge on any atom is 0.330 e. The van der Waals surface area contributed by atoms with Gasteiger partial charge >= 0.3 is 5.97 Å². The van der Waals surface area contributed by atoms with Crippen molar-refractivity contribution < 1.29 is 14.3 Å². The molecule has 158 valence electrons. The van der Waals surface area contributed by atoms with Crippen LogP contribution in [0, 0.1) is 0 Å². The molecule has 0 radical (unpaired) electrons. The monoisotopic (exact) mass is 388 g/mol. The van der Waals surface area contributed by atoms with Gasteiger partial charge in [0.05, 0.1) is 13.2 Å². The lowest BCUT2D eigenvalue weighted by atomic mass is 10.1. The number of carbonyl (C=O) groups is 1. The largest absolute Gasteiger partial charge is 0.493 e. The van der Waals surface area contributed by atoms with Gasteiger partial charge < -0.3 is 9.47 Å². The van der Waals surface area contributed by atoms with E-state index in [9.17, 15) is 4.79 Å². The van der Waals surface area contributed by atoms with E-state index in [0.29, 0.717) is 6.61 Å². The Balaban J connectivity index is 2.19. The maximum atomic E-state index is 11.7. The summed E-state index contributed by atoms with van der Waals surface area (Å²) >= 11 is 0. The Morgan fingerprint density at radius 1 is 0.786 bits per heavy atom. The highest BCUT2D eigenvalue weighted by Gasteiger charge is 2.02. The highest BCUT2D eigenvalue weighted by Crippen LogP contribution is 2.20. The van der Waals surface area contributed by atoms with Crippen molar-refractivity contribution in [1.29, 1.82) is 0 Å². The molecule has 0 aromatic heterocycles. The van der Waals surface area contributed by atoms with Gasteiger partial charge in [0.25, 0.3) is 0 Å². The minimum atomic E-state index is -0.294. The third kappa shape index (κ3) is 12.6. The second kappa shape index (κ2) is 17.3. The molecule has 1 rings (SSSR count). The van der Waals surface area contributed by atoms with Crippen LogP contribution in [-0.2, 0) is 9.53 Å². The van der Waals surface area contributed by atoms with Gasteiger partial charge in [0, 0.05) is 11.6 Å². The maximum absolute atomic E-state index is 11.7. The summed E-state index contributed by atoms with van der Waals surface area (Å²) in [6.45, 7) is 5.55. The summed E-state index contributed by atoms with van der Waals surface area (Å²) in [6.07, 6.45) is 18.4. The molecule has 0 fully saturated rings. The molecule has 1 aromatic carbocycles. The molecule has 1 aromatic rings. The molecule has 3 heteroatoms. The standard InChI is InChI=1S/C25H40O3/c1-3-5-7-8-9-10-11-12-13-16-22-27-24-18-15-14-17-23(24)19-20-25(26)28-21-6-4-2/h14-15,17-20H,3-13,16,21-22H2,1-2H3. The number of rotatable bonds is 17. The van der Waals surface area contributed by atoms with Crippen LogP contribution in [0.25, 0.3) is 6.08 Å². The first kappa shape index (κ1) is 24.3. The SMILES string of the molecule is CCCCCCCCCCCCOc1ccccc1C=CC(=O)OCCCC. The van der Waals surface area contributed by atoms with Crippen molar-refractivity contribution in [2.75, 3.05) is 13.2 Å². The molecule has 0 aliphatic carbocycles. The topological polar surface area (TPSA) is 35.5 Å². The molecule has 28 heavy (non-hydrogen) atoms. The lowest BCUT2D eigenvalue weighted by molar-refractivity contribution is -0.137. The fourth-order valence-electron chi connectivity index (χ4n) is 3.04. The second-order valence-corrected chi connectivity index (χ2v) is 7.42. The summed E-state index contributed by atoms with van der Waals surface area (Å²) in [7, 11) is 0. The summed E-state index contributed by atoms with van der Waals surface area (Å²) < 4.78 is 11.1. The van der Waals surface area contributed by atoms with Crippen molar-refractivity contribution in [3.63, 3.8) is 0 Å². The van der Waals surface area contributed by atoms with Gasteiger partial charge in [0.15, 0.2) is 0 Å². The summed E-state index contributed by atoms with van der Waals surface area (Å²) in [5, 5.41) is 0. The van der Waals surface area contributed by atoms with E-state index in [-0.39, 0.29) is 5.97 Å². The van der Waals surface area contributed by atoms with Crippen LogP contribution < -0.4 is 4.74 Å². The molecule has 0 saturated heterocycles. The lowest BCUT2D eigenvalue weighted by Gasteiger charge is -2.09. The summed E-state index contributed by atoms with van der Waals surface area (Å²) in [5.74, 6) is 0.536. The van der Waals surface area contributed by atoms with E-state index in [1.165, 1.54) is 63.9 Å². The van der Waals surface area contributed by atoms with E-state index < -0.39 is 0 Å². The molecule has 0 atom stereocenters. The molecular formula is C25H40O3. The van der Waals surface area contributed by atoms with Crippen molar-refractivity contribution in [3.05, 3.63) is 35.9 Å². The molecule has 0 aliphatic rings. The average Bonchev–Trinajstić information content (AvgIpc) is 2.71. The molecule has 0 aliphatic heterocycles. The number of benzene rings is 1. The van der Waals surface area contributed by atoms with Gasteiger partial charge in [-0.05, 0) is 25.0 Å². The molecule has 0 bridgehead atoms. The van der Waals surface area contributed by atoms with E-state index in [2.05, 4.69) is 13.8 Å². The zero-order chi connectivity index (χ0) is 20.3. The van der Waals surface area contributed by atoms with Gasteiger partial charge in [0.2, 0.25) is 0 Å². The van der Waals surface area contributed by atoms with Crippen LogP contribution in [-0.4, -0.2) is 19.2 Å². The number of carbonyl (C=O) groups excluding carboxylic acids is 1. The van der Waals surface area contributed by atoms with Gasteiger partial charge in [-0.2, -0.15) is 0 Å². The minimum absolute atomic E-state index is 0.294. The fourth-order valence-corrected chi connectivity index (χ4v) is 3.04. The average molecular weight is 389 g/mol. The Morgan fingerprint density at radius 2 is 1.39 bits per heavy atom. The first-order valence-corrected chi connectivity index (χ1v) is 11.3. The molecular weight excluding hydrogens is 348 g/mol. The Labute approximate surface area is 172 Å². The number of hydrogen-bond donors (Lipinski definition) is 0. The van der Waals surface area contributed by atoms with Crippen molar-refractivity contribution >= 4 is 12.0 Å². The summed E-state index contributed by atoms with van der Waals surface area (Å²) in [6, 6.07) is 7.84. The van der Waals surface area contributed by atoms with Crippen LogP contribution in [0.1, 0.15) is 96.5 Å². The normalized spacial score (nSPS) is 11.1. The van der Waals surface area contributed by atoms with E-state index >= 15 is 0 Å². The Morgan fingerprint density at radius 3 is 2.07 bits per heavy atom. The lowest BCUT2D eigenvalue weighted by Crippen LogP contribution is -2.02. The van der Waals surface area contributed by atoms with Gasteiger partial charge in [-0.1, -0.05) is 96.3 Å². The van der Waals surface area contributed by atoms with E-state index in [4.69, 9.17) is 9.47 Å². The van der Waals surface area contributed by atoms with Crippen LogP contribution in [0.2, 0.25) is 0 Å². The summed E-state index contributed by atoms with van der Waals surface area (Å²) in [5.41, 5.74) is 0.919. The molecule has 0 amide bonds. The molecule has 3 nitrogen and oxygen atoms in total. The molecule has 0 spiro atoms. The molecule has 0 saturated carbocycles. The zero-order valence-electron chi connectivity index (χ0n) is 18.1. The van der Waals surface area contributed by atoms with Crippen LogP contribution in [0.5, 0.6) is 5.75 Å². The van der Waals surface area contributed by atoms with E-state index in [1.807, 2.05) is 24.3 Å². The number of hydrogen-bond acceptors (Lipinski definition) is 3. The van der Waals surface area contributed by atoms with Crippen LogP contribution in [0.3, 0.4) is 0 Å². The smallest absolute Gasteiger partial charge is 0.330 e. The number of unbranched alkanes of at least 4 members (excludes halogenated alkanes) is 10. The van der Waals surface area contributed by atoms with Crippen molar-refractivity contribution in [2.45, 2.75) is 90.9 Å². The quantitative estimate of drug-likeness (QED) is 0.159. The molecule has 0 heterocycles. The third-order valence-electron chi connectivity index (χ3n) is 4.82. The minimum Gasteiger partial charge on any atom is -0.493 e. The highest BCUT2D eigenvalue weighted by atomic mass is 16.5. The fraction of sp³-hybridized carbons (Fsp3) is 0.640. The predicted molar refractivity (Wildman–Crippen MR) is 119 cm³/mol. The van der Waals surface area contributed by atoms with Gasteiger partial charge in [0.1, 0.15) is 5.75 Å². The van der Waals surface area contributed by atoms with Crippen molar-refractivity contribution in [3.8, 4) is 5.75 Å². The van der Waals surface area contributed by atoms with Gasteiger partial charge in [-0.3, -0.25) is 0 Å². The van der Waals surface area contributed by atoms with Crippen LogP contribution >= 0.6 is 0 Å². The Hall–Kier alpha value is -1.77. The van der Waals surface area contributed by atoms with Crippen LogP contribution in [0.4, 0.5) is 0 Å². The zero-order valence-corrected chi connectivity index (χ0v) is 18.1. The first-order chi connectivity index (χ1) is 13.8. The van der Waals surface area contributed by atoms with Gasteiger partial charge in [-0.15, -0.1) is 0 Å². The van der Waals surface area contributed by atoms with Crippen molar-refractivity contribution in [2.24, 2.45) is 0 Å². The predicted octanol–water partition coefficient (Wildman–Crippen LogP) is 7.34.